The molecule has 10 heteroatoms. The summed E-state index contributed by atoms with van der Waals surface area (Å²) >= 11 is 0. The van der Waals surface area contributed by atoms with E-state index in [1.807, 2.05) is 13.0 Å². The SMILES string of the molecule is CCc1ccc(NC(=O)c2ccc(NS(=O)(=O)c3cc(C)ccc3C)cc2)cc1S(N)(=O)=O. The first-order chi connectivity index (χ1) is 15.4. The van der Waals surface area contributed by atoms with E-state index in [0.29, 0.717) is 23.2 Å². The zero-order chi connectivity index (χ0) is 24.4. The first kappa shape index (κ1) is 24.4. The highest BCUT2D eigenvalue weighted by atomic mass is 32.2. The Morgan fingerprint density at radius 3 is 2.09 bits per heavy atom. The molecule has 0 aliphatic heterocycles. The van der Waals surface area contributed by atoms with Crippen molar-refractivity contribution in [3.8, 4) is 0 Å². The first-order valence-corrected chi connectivity index (χ1v) is 13.1. The van der Waals surface area contributed by atoms with Crippen molar-refractivity contribution in [2.24, 2.45) is 5.14 Å². The molecule has 0 saturated heterocycles. The third kappa shape index (κ3) is 5.78. The van der Waals surface area contributed by atoms with Crippen LogP contribution in [0.1, 0.15) is 34.0 Å². The van der Waals surface area contributed by atoms with E-state index < -0.39 is 26.0 Å². The number of nitrogens with one attached hydrogen (secondary N) is 2. The van der Waals surface area contributed by atoms with Gasteiger partial charge in [0.2, 0.25) is 10.0 Å². The Labute approximate surface area is 193 Å². The first-order valence-electron chi connectivity index (χ1n) is 10.1. The molecule has 4 N–H and O–H groups in total. The van der Waals surface area contributed by atoms with Gasteiger partial charge < -0.3 is 5.32 Å². The standard InChI is InChI=1S/C23H25N3O5S2/c1-4-17-7-12-20(14-22(17)32(24,28)29)25-23(27)18-8-10-19(11-9-18)26-33(30,31)21-13-15(2)5-6-16(21)3/h5-14,26H,4H2,1-3H3,(H,25,27)(H2,24,28,29). The zero-order valence-corrected chi connectivity index (χ0v) is 20.0. The lowest BCUT2D eigenvalue weighted by atomic mass is 10.1. The molecule has 1 amide bonds. The number of amides is 1. The molecule has 0 spiro atoms. The van der Waals surface area contributed by atoms with Gasteiger partial charge in [-0.25, -0.2) is 22.0 Å². The molecule has 0 aromatic heterocycles. The van der Waals surface area contributed by atoms with E-state index >= 15 is 0 Å². The van der Waals surface area contributed by atoms with Crippen LogP contribution < -0.4 is 15.2 Å². The summed E-state index contributed by atoms with van der Waals surface area (Å²) < 4.78 is 51.7. The van der Waals surface area contributed by atoms with Crippen molar-refractivity contribution in [1.29, 1.82) is 0 Å². The van der Waals surface area contributed by atoms with E-state index in [4.69, 9.17) is 5.14 Å². The molecule has 3 aromatic carbocycles. The van der Waals surface area contributed by atoms with E-state index in [2.05, 4.69) is 10.0 Å². The molecule has 174 valence electrons. The average molecular weight is 488 g/mol. The second kappa shape index (κ2) is 9.34. The number of primary sulfonamides is 1. The van der Waals surface area contributed by atoms with Gasteiger partial charge in [-0.05, 0) is 79.4 Å². The molecule has 0 unspecified atom stereocenters. The molecular formula is C23H25N3O5S2. The fourth-order valence-corrected chi connectivity index (χ4v) is 5.55. The van der Waals surface area contributed by atoms with Crippen LogP contribution in [-0.2, 0) is 26.5 Å². The second-order valence-corrected chi connectivity index (χ2v) is 10.8. The van der Waals surface area contributed by atoms with Gasteiger partial charge in [0.15, 0.2) is 0 Å². The molecule has 0 aliphatic carbocycles. The van der Waals surface area contributed by atoms with Crippen molar-refractivity contribution in [2.45, 2.75) is 37.0 Å². The summed E-state index contributed by atoms with van der Waals surface area (Å²) in [5.41, 5.74) is 2.84. The fraction of sp³-hybridized carbons (Fsp3) is 0.174. The van der Waals surface area contributed by atoms with Crippen LogP contribution in [0.4, 0.5) is 11.4 Å². The van der Waals surface area contributed by atoms with Gasteiger partial charge in [-0.15, -0.1) is 0 Å². The normalized spacial score (nSPS) is 11.8. The number of carbonyl (C=O) groups is 1. The number of benzene rings is 3. The minimum Gasteiger partial charge on any atom is -0.322 e. The van der Waals surface area contributed by atoms with E-state index in [9.17, 15) is 21.6 Å². The second-order valence-electron chi connectivity index (χ2n) is 7.63. The predicted octanol–water partition coefficient (Wildman–Crippen LogP) is 3.57. The highest BCUT2D eigenvalue weighted by Crippen LogP contribution is 2.23. The summed E-state index contributed by atoms with van der Waals surface area (Å²) in [6.07, 6.45) is 0.472. The molecule has 8 nitrogen and oxygen atoms in total. The Kier molecular flexibility index (Phi) is 6.92. The van der Waals surface area contributed by atoms with Crippen LogP contribution in [0, 0.1) is 13.8 Å². The van der Waals surface area contributed by atoms with Crippen LogP contribution >= 0.6 is 0 Å². The van der Waals surface area contributed by atoms with Gasteiger partial charge in [0.05, 0.1) is 9.79 Å². The number of nitrogens with two attached hydrogens (primary N) is 1. The molecule has 3 rings (SSSR count). The Morgan fingerprint density at radius 1 is 0.848 bits per heavy atom. The van der Waals surface area contributed by atoms with Crippen molar-refractivity contribution in [3.05, 3.63) is 82.9 Å². The summed E-state index contributed by atoms with van der Waals surface area (Å²) in [4.78, 5) is 12.7. The summed E-state index contributed by atoms with van der Waals surface area (Å²) in [5.74, 6) is -0.483. The third-order valence-corrected chi connectivity index (χ3v) is 7.56. The lowest BCUT2D eigenvalue weighted by molar-refractivity contribution is 0.102. The predicted molar refractivity (Wildman–Crippen MR) is 128 cm³/mol. The van der Waals surface area contributed by atoms with E-state index in [0.717, 1.165) is 5.56 Å². The number of sulfonamides is 2. The Balaban J connectivity index is 1.78. The van der Waals surface area contributed by atoms with Crippen LogP contribution in [0.2, 0.25) is 0 Å². The maximum absolute atomic E-state index is 12.8. The maximum Gasteiger partial charge on any atom is 0.262 e. The maximum atomic E-state index is 12.8. The highest BCUT2D eigenvalue weighted by Gasteiger charge is 2.18. The number of carbonyl (C=O) groups excluding carboxylic acids is 1. The molecule has 0 saturated carbocycles. The van der Waals surface area contributed by atoms with Crippen molar-refractivity contribution in [1.82, 2.24) is 0 Å². The molecule has 33 heavy (non-hydrogen) atoms. The van der Waals surface area contributed by atoms with Gasteiger partial charge in [0, 0.05) is 16.9 Å². The summed E-state index contributed by atoms with van der Waals surface area (Å²) in [6.45, 7) is 5.34. The van der Waals surface area contributed by atoms with Gasteiger partial charge in [0.25, 0.3) is 15.9 Å². The molecule has 0 bridgehead atoms. The lowest BCUT2D eigenvalue weighted by Gasteiger charge is -2.12. The summed E-state index contributed by atoms with van der Waals surface area (Å²) in [7, 11) is -7.73. The van der Waals surface area contributed by atoms with Crippen LogP contribution in [-0.4, -0.2) is 22.7 Å². The lowest BCUT2D eigenvalue weighted by Crippen LogP contribution is -2.17. The Bertz CT molecular complexity index is 1410. The van der Waals surface area contributed by atoms with E-state index in [1.165, 1.54) is 30.3 Å². The zero-order valence-electron chi connectivity index (χ0n) is 18.4. The molecule has 0 aliphatic rings. The average Bonchev–Trinajstić information content (AvgIpc) is 2.75. The number of anilines is 2. The molecule has 0 heterocycles. The number of rotatable bonds is 7. The number of hydrogen-bond donors (Lipinski definition) is 3. The van der Waals surface area contributed by atoms with Crippen LogP contribution in [0.3, 0.4) is 0 Å². The molecule has 0 fully saturated rings. The van der Waals surface area contributed by atoms with Gasteiger partial charge in [0.1, 0.15) is 0 Å². The molecular weight excluding hydrogens is 462 g/mol. The quantitative estimate of drug-likeness (QED) is 0.468. The minimum atomic E-state index is -3.94. The van der Waals surface area contributed by atoms with Crippen molar-refractivity contribution in [3.63, 3.8) is 0 Å². The molecule has 0 radical (unpaired) electrons. The topological polar surface area (TPSA) is 135 Å². The van der Waals surface area contributed by atoms with Crippen molar-refractivity contribution < 1.29 is 21.6 Å². The number of hydrogen-bond acceptors (Lipinski definition) is 5. The Hall–Kier alpha value is -3.21. The molecule has 0 atom stereocenters. The summed E-state index contributed by atoms with van der Waals surface area (Å²) in [5, 5.41) is 7.91. The summed E-state index contributed by atoms with van der Waals surface area (Å²) in [6, 6.07) is 15.6. The third-order valence-electron chi connectivity index (χ3n) is 5.04. The fourth-order valence-electron chi connectivity index (χ4n) is 3.29. The van der Waals surface area contributed by atoms with Crippen LogP contribution in [0.25, 0.3) is 0 Å². The monoisotopic (exact) mass is 487 g/mol. The highest BCUT2D eigenvalue weighted by molar-refractivity contribution is 7.92. The Morgan fingerprint density at radius 2 is 1.48 bits per heavy atom. The number of aryl methyl sites for hydroxylation is 3. The largest absolute Gasteiger partial charge is 0.322 e. The van der Waals surface area contributed by atoms with Crippen LogP contribution in [0.15, 0.2) is 70.5 Å². The smallest absolute Gasteiger partial charge is 0.262 e. The van der Waals surface area contributed by atoms with Gasteiger partial charge in [-0.3, -0.25) is 9.52 Å². The molecule has 3 aromatic rings. The minimum absolute atomic E-state index is 0.0426. The van der Waals surface area contributed by atoms with Crippen molar-refractivity contribution >= 4 is 37.3 Å². The van der Waals surface area contributed by atoms with E-state index in [1.54, 1.807) is 38.1 Å². The van der Waals surface area contributed by atoms with Gasteiger partial charge in [-0.2, -0.15) is 0 Å². The van der Waals surface area contributed by atoms with Crippen LogP contribution in [0.5, 0.6) is 0 Å². The van der Waals surface area contributed by atoms with Gasteiger partial charge in [-0.1, -0.05) is 25.1 Å². The van der Waals surface area contributed by atoms with Crippen molar-refractivity contribution in [2.75, 3.05) is 10.0 Å². The van der Waals surface area contributed by atoms with Gasteiger partial charge >= 0.3 is 0 Å². The van der Waals surface area contributed by atoms with E-state index in [-0.39, 0.29) is 21.0 Å².